The highest BCUT2D eigenvalue weighted by molar-refractivity contribution is 5.53. The number of carbonyl (C=O) groups is 1. The van der Waals surface area contributed by atoms with Gasteiger partial charge in [0.05, 0.1) is 7.11 Å². The van der Waals surface area contributed by atoms with E-state index in [1.165, 1.54) is 14.0 Å². The van der Waals surface area contributed by atoms with Gasteiger partial charge in [0.25, 0.3) is 0 Å². The van der Waals surface area contributed by atoms with E-state index in [1.54, 1.807) is 6.07 Å². The number of carbonyl (C=O) groups excluding carboxylic acids is 1. The van der Waals surface area contributed by atoms with E-state index in [1.807, 2.05) is 19.1 Å². The smallest absolute Gasteiger partial charge is 0.126 e. The van der Waals surface area contributed by atoms with Gasteiger partial charge in [0.15, 0.2) is 0 Å². The maximum Gasteiger partial charge on any atom is 0.126 e. The molecule has 0 saturated heterocycles. The number of hydrogen-bond donors (Lipinski definition) is 0. The molecule has 0 aliphatic carbocycles. The second-order valence-electron chi connectivity index (χ2n) is 3.88. The molecule has 16 heavy (non-hydrogen) atoms. The molecule has 0 aliphatic heterocycles. The van der Waals surface area contributed by atoms with Crippen molar-refractivity contribution in [1.29, 1.82) is 0 Å². The van der Waals surface area contributed by atoms with Gasteiger partial charge in [-0.1, -0.05) is 19.1 Å². The van der Waals surface area contributed by atoms with Crippen molar-refractivity contribution in [2.24, 2.45) is 0 Å². The van der Waals surface area contributed by atoms with Crippen LogP contribution in [0.15, 0.2) is 18.2 Å². The lowest BCUT2D eigenvalue weighted by molar-refractivity contribution is -0.108. The molecule has 3 heteroatoms. The summed E-state index contributed by atoms with van der Waals surface area (Å²) in [5, 5.41) is 0. The summed E-state index contributed by atoms with van der Waals surface area (Å²) in [5.41, 5.74) is 1.40. The van der Waals surface area contributed by atoms with Crippen LogP contribution in [0, 0.1) is 0 Å². The van der Waals surface area contributed by atoms with Crippen LogP contribution in [0.25, 0.3) is 0 Å². The zero-order valence-electron chi connectivity index (χ0n) is 9.87. The zero-order chi connectivity index (χ0) is 12.1. The van der Waals surface area contributed by atoms with Crippen LogP contribution in [0.2, 0.25) is 0 Å². The lowest BCUT2D eigenvalue weighted by atomic mass is 9.91. The van der Waals surface area contributed by atoms with Crippen LogP contribution in [-0.2, 0) is 4.79 Å². The fraction of sp³-hybridized carbons (Fsp3) is 0.462. The molecular formula is C13H17FO2. The Morgan fingerprint density at radius 3 is 2.62 bits per heavy atom. The Morgan fingerprint density at radius 1 is 1.44 bits per heavy atom. The molecule has 1 aromatic rings. The van der Waals surface area contributed by atoms with Gasteiger partial charge in [-0.25, -0.2) is 4.39 Å². The van der Waals surface area contributed by atoms with Crippen molar-refractivity contribution >= 4 is 6.29 Å². The minimum Gasteiger partial charge on any atom is -0.496 e. The molecular weight excluding hydrogens is 207 g/mol. The predicted molar refractivity (Wildman–Crippen MR) is 61.6 cm³/mol. The molecule has 2 atom stereocenters. The first-order valence-electron chi connectivity index (χ1n) is 5.36. The Kier molecular flexibility index (Phi) is 4.47. The summed E-state index contributed by atoms with van der Waals surface area (Å²) in [6, 6.07) is 5.41. The minimum atomic E-state index is -1.10. The number of ether oxygens (including phenoxy) is 1. The van der Waals surface area contributed by atoms with Crippen LogP contribution in [0.3, 0.4) is 0 Å². The van der Waals surface area contributed by atoms with E-state index in [9.17, 15) is 9.18 Å². The Labute approximate surface area is 95.4 Å². The van der Waals surface area contributed by atoms with Gasteiger partial charge in [-0.05, 0) is 24.5 Å². The van der Waals surface area contributed by atoms with Crippen LogP contribution < -0.4 is 4.74 Å². The number of alkyl halides is 1. The first-order valence-corrected chi connectivity index (χ1v) is 5.36. The summed E-state index contributed by atoms with van der Waals surface area (Å²) in [6.45, 7) is 3.39. The molecule has 0 saturated carbocycles. The quantitative estimate of drug-likeness (QED) is 0.716. The van der Waals surface area contributed by atoms with Gasteiger partial charge in [0, 0.05) is 12.0 Å². The van der Waals surface area contributed by atoms with Gasteiger partial charge in [-0.15, -0.1) is 0 Å². The van der Waals surface area contributed by atoms with Crippen molar-refractivity contribution in [3.05, 3.63) is 29.3 Å². The molecule has 0 heterocycles. The molecule has 0 radical (unpaired) electrons. The van der Waals surface area contributed by atoms with Crippen LogP contribution in [0.1, 0.15) is 43.5 Å². The van der Waals surface area contributed by atoms with Crippen molar-refractivity contribution < 1.29 is 13.9 Å². The summed E-state index contributed by atoms with van der Waals surface area (Å²) in [6.07, 6.45) is 0.157. The Hall–Kier alpha value is -1.38. The first kappa shape index (κ1) is 12.7. The fourth-order valence-electron chi connectivity index (χ4n) is 1.87. The van der Waals surface area contributed by atoms with E-state index in [-0.39, 0.29) is 5.92 Å². The maximum absolute atomic E-state index is 13.6. The van der Waals surface area contributed by atoms with E-state index in [0.29, 0.717) is 17.7 Å². The predicted octanol–water partition coefficient (Wildman–Crippen LogP) is 3.42. The monoisotopic (exact) mass is 224 g/mol. The number of halogens is 1. The van der Waals surface area contributed by atoms with E-state index in [4.69, 9.17) is 4.74 Å². The molecule has 2 nitrogen and oxygen atoms in total. The highest BCUT2D eigenvalue weighted by Crippen LogP contribution is 2.35. The van der Waals surface area contributed by atoms with Crippen molar-refractivity contribution in [2.75, 3.05) is 7.11 Å². The van der Waals surface area contributed by atoms with Gasteiger partial charge in [-0.2, -0.15) is 0 Å². The molecule has 0 N–H and O–H groups in total. The van der Waals surface area contributed by atoms with E-state index in [0.717, 1.165) is 11.8 Å². The molecule has 88 valence electrons. The molecule has 1 rings (SSSR count). The number of hydrogen-bond acceptors (Lipinski definition) is 2. The minimum absolute atomic E-state index is 0.0146. The van der Waals surface area contributed by atoms with E-state index < -0.39 is 6.17 Å². The average molecular weight is 224 g/mol. The first-order chi connectivity index (χ1) is 7.61. The average Bonchev–Trinajstić information content (AvgIpc) is 2.28. The summed E-state index contributed by atoms with van der Waals surface area (Å²) < 4.78 is 18.7. The van der Waals surface area contributed by atoms with Crippen molar-refractivity contribution in [3.8, 4) is 5.75 Å². The summed E-state index contributed by atoms with van der Waals surface area (Å²) in [5.74, 6) is 0.561. The molecule has 0 aliphatic rings. The maximum atomic E-state index is 13.6. The van der Waals surface area contributed by atoms with Gasteiger partial charge >= 0.3 is 0 Å². The number of aldehydes is 1. The van der Waals surface area contributed by atoms with Crippen LogP contribution >= 0.6 is 0 Å². The van der Waals surface area contributed by atoms with Crippen molar-refractivity contribution in [2.45, 2.75) is 32.4 Å². The topological polar surface area (TPSA) is 26.3 Å². The third kappa shape index (κ3) is 2.60. The Balaban J connectivity index is 3.21. The lowest BCUT2D eigenvalue weighted by Gasteiger charge is -2.18. The normalized spacial score (nSPS) is 14.2. The van der Waals surface area contributed by atoms with Crippen LogP contribution in [0.4, 0.5) is 4.39 Å². The molecule has 1 aromatic carbocycles. The van der Waals surface area contributed by atoms with Gasteiger partial charge in [-0.3, -0.25) is 0 Å². The summed E-state index contributed by atoms with van der Waals surface area (Å²) >= 11 is 0. The standard InChI is InChI=1S/C13H17FO2/c1-9(7-8-15)11-5-4-6-12(16-3)13(11)10(2)14/h4-6,8-10H,7H2,1-3H3. The lowest BCUT2D eigenvalue weighted by Crippen LogP contribution is -2.03. The molecule has 0 spiro atoms. The largest absolute Gasteiger partial charge is 0.496 e. The van der Waals surface area contributed by atoms with E-state index >= 15 is 0 Å². The fourth-order valence-corrected chi connectivity index (χ4v) is 1.87. The zero-order valence-corrected chi connectivity index (χ0v) is 9.87. The molecule has 2 unspecified atom stereocenters. The van der Waals surface area contributed by atoms with Crippen molar-refractivity contribution in [3.63, 3.8) is 0 Å². The Morgan fingerprint density at radius 2 is 2.12 bits per heavy atom. The number of rotatable bonds is 5. The summed E-state index contributed by atoms with van der Waals surface area (Å²) in [7, 11) is 1.52. The third-order valence-electron chi connectivity index (χ3n) is 2.70. The highest BCUT2D eigenvalue weighted by atomic mass is 19.1. The third-order valence-corrected chi connectivity index (χ3v) is 2.70. The number of benzene rings is 1. The highest BCUT2D eigenvalue weighted by Gasteiger charge is 2.18. The second-order valence-corrected chi connectivity index (χ2v) is 3.88. The Bertz CT molecular complexity index is 361. The van der Waals surface area contributed by atoms with Crippen LogP contribution in [-0.4, -0.2) is 13.4 Å². The van der Waals surface area contributed by atoms with Gasteiger partial charge in [0.1, 0.15) is 18.2 Å². The second kappa shape index (κ2) is 5.64. The molecule has 0 fully saturated rings. The molecule has 0 aromatic heterocycles. The SMILES string of the molecule is COc1cccc(C(C)CC=O)c1C(C)F. The van der Waals surface area contributed by atoms with Crippen molar-refractivity contribution in [1.82, 2.24) is 0 Å². The van der Waals surface area contributed by atoms with Crippen LogP contribution in [0.5, 0.6) is 5.75 Å². The van der Waals surface area contributed by atoms with Gasteiger partial charge < -0.3 is 9.53 Å². The van der Waals surface area contributed by atoms with Gasteiger partial charge in [0.2, 0.25) is 0 Å². The molecule has 0 bridgehead atoms. The summed E-state index contributed by atoms with van der Waals surface area (Å²) in [4.78, 5) is 10.5. The van der Waals surface area contributed by atoms with E-state index in [2.05, 4.69) is 0 Å². The molecule has 0 amide bonds. The number of methoxy groups -OCH3 is 1.